The molecule has 1 unspecified atom stereocenters. The Bertz CT molecular complexity index is 519. The maximum atomic E-state index is 5.76. The Morgan fingerprint density at radius 3 is 2.19 bits per heavy atom. The largest absolute Gasteiger partial charge is 0.489 e. The van der Waals surface area contributed by atoms with Crippen LogP contribution in [-0.2, 0) is 6.61 Å². The molecule has 0 heterocycles. The first-order valence-electron chi connectivity index (χ1n) is 7.65. The van der Waals surface area contributed by atoms with Crippen LogP contribution in [0.5, 0.6) is 5.75 Å². The van der Waals surface area contributed by atoms with Gasteiger partial charge in [0.05, 0.1) is 0 Å². The summed E-state index contributed by atoms with van der Waals surface area (Å²) in [5.41, 5.74) is 2.57. The van der Waals surface area contributed by atoms with E-state index in [1.165, 1.54) is 11.1 Å². The van der Waals surface area contributed by atoms with Crippen molar-refractivity contribution in [2.75, 3.05) is 6.54 Å². The Morgan fingerprint density at radius 1 is 0.905 bits per heavy atom. The van der Waals surface area contributed by atoms with Gasteiger partial charge in [-0.25, -0.2) is 0 Å². The third kappa shape index (κ3) is 5.24. The zero-order valence-electron chi connectivity index (χ0n) is 13.2. The van der Waals surface area contributed by atoms with Crippen LogP contribution in [-0.4, -0.2) is 12.6 Å². The molecule has 0 bridgehead atoms. The van der Waals surface area contributed by atoms with Crippen molar-refractivity contribution >= 4 is 0 Å². The molecule has 21 heavy (non-hydrogen) atoms. The van der Waals surface area contributed by atoms with E-state index < -0.39 is 0 Å². The summed E-state index contributed by atoms with van der Waals surface area (Å²) < 4.78 is 5.76. The van der Waals surface area contributed by atoms with Crippen LogP contribution in [0.15, 0.2) is 54.6 Å². The Balaban J connectivity index is 1.87. The highest BCUT2D eigenvalue weighted by atomic mass is 16.5. The summed E-state index contributed by atoms with van der Waals surface area (Å²) in [6.07, 6.45) is 0. The van der Waals surface area contributed by atoms with Crippen LogP contribution in [0.3, 0.4) is 0 Å². The summed E-state index contributed by atoms with van der Waals surface area (Å²) >= 11 is 0. The molecule has 0 radical (unpaired) electrons. The van der Waals surface area contributed by atoms with E-state index in [9.17, 15) is 0 Å². The molecule has 0 aromatic heterocycles. The van der Waals surface area contributed by atoms with Crippen LogP contribution in [0.4, 0.5) is 0 Å². The van der Waals surface area contributed by atoms with Crippen LogP contribution in [0.1, 0.15) is 37.8 Å². The lowest BCUT2D eigenvalue weighted by Crippen LogP contribution is -2.26. The molecule has 2 rings (SSSR count). The lowest BCUT2D eigenvalue weighted by Gasteiger charge is -2.15. The quantitative estimate of drug-likeness (QED) is 0.815. The highest BCUT2D eigenvalue weighted by Crippen LogP contribution is 2.17. The molecule has 0 fully saturated rings. The number of rotatable bonds is 7. The summed E-state index contributed by atoms with van der Waals surface area (Å²) in [6, 6.07) is 19.2. The maximum Gasteiger partial charge on any atom is 0.119 e. The van der Waals surface area contributed by atoms with Gasteiger partial charge in [-0.3, -0.25) is 0 Å². The Kier molecular flexibility index (Phi) is 5.82. The first-order chi connectivity index (χ1) is 10.1. The zero-order chi connectivity index (χ0) is 15.1. The van der Waals surface area contributed by atoms with Gasteiger partial charge >= 0.3 is 0 Å². The zero-order valence-corrected chi connectivity index (χ0v) is 13.2. The minimum atomic E-state index is 0.525. The molecule has 2 heteroatoms. The molecule has 1 N–H and O–H groups in total. The van der Waals surface area contributed by atoms with E-state index in [1.54, 1.807) is 0 Å². The van der Waals surface area contributed by atoms with Crippen molar-refractivity contribution in [3.05, 3.63) is 65.7 Å². The van der Waals surface area contributed by atoms with Crippen molar-refractivity contribution in [3.63, 3.8) is 0 Å². The molecule has 0 aliphatic rings. The smallest absolute Gasteiger partial charge is 0.119 e. The average molecular weight is 283 g/mol. The Morgan fingerprint density at radius 2 is 1.57 bits per heavy atom. The van der Waals surface area contributed by atoms with Gasteiger partial charge in [-0.2, -0.15) is 0 Å². The number of nitrogens with one attached hydrogen (secondary N) is 1. The van der Waals surface area contributed by atoms with Gasteiger partial charge in [0.15, 0.2) is 0 Å². The summed E-state index contributed by atoms with van der Waals surface area (Å²) in [5.74, 6) is 1.44. The van der Waals surface area contributed by atoms with Gasteiger partial charge in [-0.05, 0) is 29.2 Å². The van der Waals surface area contributed by atoms with Crippen molar-refractivity contribution in [1.82, 2.24) is 5.32 Å². The molecule has 2 aromatic rings. The highest BCUT2D eigenvalue weighted by Gasteiger charge is 2.06. The van der Waals surface area contributed by atoms with Gasteiger partial charge in [0.1, 0.15) is 12.4 Å². The average Bonchev–Trinajstić information content (AvgIpc) is 2.52. The summed E-state index contributed by atoms with van der Waals surface area (Å²) in [7, 11) is 0. The van der Waals surface area contributed by atoms with E-state index >= 15 is 0 Å². The fraction of sp³-hybridized carbons (Fsp3) is 0.368. The highest BCUT2D eigenvalue weighted by molar-refractivity contribution is 5.26. The molecular weight excluding hydrogens is 258 g/mol. The number of hydrogen-bond acceptors (Lipinski definition) is 2. The molecule has 0 aliphatic carbocycles. The first kappa shape index (κ1) is 15.6. The molecule has 1 atom stereocenters. The predicted molar refractivity (Wildman–Crippen MR) is 88.8 cm³/mol. The topological polar surface area (TPSA) is 21.3 Å². The van der Waals surface area contributed by atoms with Crippen LogP contribution in [0, 0.1) is 0 Å². The molecule has 0 aliphatic heterocycles. The van der Waals surface area contributed by atoms with E-state index in [1.807, 2.05) is 30.3 Å². The Hall–Kier alpha value is -1.80. The molecule has 0 saturated heterocycles. The fourth-order valence-electron chi connectivity index (χ4n) is 2.16. The maximum absolute atomic E-state index is 5.76. The van der Waals surface area contributed by atoms with E-state index in [-0.39, 0.29) is 0 Å². The first-order valence-corrected chi connectivity index (χ1v) is 7.65. The Labute approximate surface area is 128 Å². The predicted octanol–water partition coefficient (Wildman–Crippen LogP) is 4.37. The van der Waals surface area contributed by atoms with E-state index in [4.69, 9.17) is 4.74 Å². The fourth-order valence-corrected chi connectivity index (χ4v) is 2.16. The number of ether oxygens (including phenoxy) is 1. The van der Waals surface area contributed by atoms with E-state index in [0.29, 0.717) is 18.6 Å². The molecule has 112 valence electrons. The lowest BCUT2D eigenvalue weighted by molar-refractivity contribution is 0.306. The van der Waals surface area contributed by atoms with Gasteiger partial charge in [0.2, 0.25) is 0 Å². The third-order valence-electron chi connectivity index (χ3n) is 3.53. The second-order valence-corrected chi connectivity index (χ2v) is 5.81. The summed E-state index contributed by atoms with van der Waals surface area (Å²) in [5, 5.41) is 3.48. The SMILES string of the molecule is CC(C)NCC(C)c1ccc(COc2ccccc2)cc1. The molecule has 2 aromatic carbocycles. The summed E-state index contributed by atoms with van der Waals surface area (Å²) in [4.78, 5) is 0. The van der Waals surface area contributed by atoms with Gasteiger partial charge in [0, 0.05) is 12.6 Å². The molecular formula is C19H25NO. The van der Waals surface area contributed by atoms with Crippen molar-refractivity contribution in [1.29, 1.82) is 0 Å². The van der Waals surface area contributed by atoms with Crippen molar-refractivity contribution in [2.45, 2.75) is 39.3 Å². The molecule has 0 spiro atoms. The normalized spacial score (nSPS) is 12.4. The van der Waals surface area contributed by atoms with Crippen molar-refractivity contribution in [3.8, 4) is 5.75 Å². The van der Waals surface area contributed by atoms with Crippen LogP contribution < -0.4 is 10.1 Å². The van der Waals surface area contributed by atoms with Crippen molar-refractivity contribution in [2.24, 2.45) is 0 Å². The van der Waals surface area contributed by atoms with Crippen LogP contribution in [0.2, 0.25) is 0 Å². The second-order valence-electron chi connectivity index (χ2n) is 5.81. The van der Waals surface area contributed by atoms with E-state index in [0.717, 1.165) is 12.3 Å². The molecule has 0 saturated carbocycles. The monoisotopic (exact) mass is 283 g/mol. The second kappa shape index (κ2) is 7.84. The van der Waals surface area contributed by atoms with E-state index in [2.05, 4.69) is 50.4 Å². The minimum Gasteiger partial charge on any atom is -0.489 e. The van der Waals surface area contributed by atoms with Crippen LogP contribution >= 0.6 is 0 Å². The van der Waals surface area contributed by atoms with Gasteiger partial charge in [0.25, 0.3) is 0 Å². The lowest BCUT2D eigenvalue weighted by atomic mass is 9.99. The van der Waals surface area contributed by atoms with Gasteiger partial charge in [-0.1, -0.05) is 63.2 Å². The third-order valence-corrected chi connectivity index (χ3v) is 3.53. The molecule has 2 nitrogen and oxygen atoms in total. The van der Waals surface area contributed by atoms with Gasteiger partial charge in [-0.15, -0.1) is 0 Å². The number of benzene rings is 2. The minimum absolute atomic E-state index is 0.525. The standard InChI is InChI=1S/C19H25NO/c1-15(2)20-13-16(3)18-11-9-17(10-12-18)14-21-19-7-5-4-6-8-19/h4-12,15-16,20H,13-14H2,1-3H3. The number of hydrogen-bond donors (Lipinski definition) is 1. The number of para-hydroxylation sites is 1. The van der Waals surface area contributed by atoms with Crippen molar-refractivity contribution < 1.29 is 4.74 Å². The van der Waals surface area contributed by atoms with Gasteiger partial charge < -0.3 is 10.1 Å². The summed E-state index contributed by atoms with van der Waals surface area (Å²) in [6.45, 7) is 8.23. The molecule has 0 amide bonds. The van der Waals surface area contributed by atoms with Crippen LogP contribution in [0.25, 0.3) is 0 Å².